The number of H-pyrrole nitrogens is 1. The third-order valence-electron chi connectivity index (χ3n) is 7.00. The molecule has 4 heterocycles. The number of carbonyl (C=O) groups is 2. The maximum Gasteiger partial charge on any atom is 0.253 e. The largest absolute Gasteiger partial charge is 0.378 e. The monoisotopic (exact) mass is 480 g/mol. The van der Waals surface area contributed by atoms with Gasteiger partial charge in [0.15, 0.2) is 0 Å². The molecule has 0 unspecified atom stereocenters. The molecular weight excluding hydrogens is 452 g/mol. The highest BCUT2D eigenvalue weighted by molar-refractivity contribution is 6.15. The van der Waals surface area contributed by atoms with Crippen molar-refractivity contribution in [1.82, 2.24) is 20.2 Å². The van der Waals surface area contributed by atoms with Crippen molar-refractivity contribution in [2.24, 2.45) is 0 Å². The van der Waals surface area contributed by atoms with Gasteiger partial charge in [0.25, 0.3) is 5.91 Å². The van der Waals surface area contributed by atoms with Crippen LogP contribution < -0.4 is 5.32 Å². The molecule has 1 fully saturated rings. The SMILES string of the molecule is O=C1NCCCc2[nH]c3c(ccc4cnc(C=Cc5cccc(CC(=O)N6CCOCC6)c5)cc43)c21. The minimum absolute atomic E-state index is 0.00532. The van der Waals surface area contributed by atoms with E-state index >= 15 is 0 Å². The molecular formula is C29H28N4O3. The number of ether oxygens (including phenoxy) is 1. The van der Waals surface area contributed by atoms with E-state index in [0.717, 1.165) is 62.6 Å². The van der Waals surface area contributed by atoms with Crippen LogP contribution in [-0.2, 0) is 22.4 Å². The predicted molar refractivity (Wildman–Crippen MR) is 141 cm³/mol. The Balaban J connectivity index is 1.27. The van der Waals surface area contributed by atoms with E-state index in [9.17, 15) is 9.59 Å². The minimum Gasteiger partial charge on any atom is -0.378 e. The van der Waals surface area contributed by atoms with E-state index in [1.54, 1.807) is 0 Å². The van der Waals surface area contributed by atoms with Crippen molar-refractivity contribution in [1.29, 1.82) is 0 Å². The molecule has 7 heteroatoms. The Hall–Kier alpha value is -3.97. The predicted octanol–water partition coefficient (Wildman–Crippen LogP) is 3.96. The molecule has 0 atom stereocenters. The lowest BCUT2D eigenvalue weighted by molar-refractivity contribution is -0.134. The number of aromatic nitrogens is 2. The fourth-order valence-corrected chi connectivity index (χ4v) is 5.13. The second-order valence-electron chi connectivity index (χ2n) is 9.40. The van der Waals surface area contributed by atoms with Gasteiger partial charge in [-0.15, -0.1) is 0 Å². The maximum atomic E-state index is 12.6. The van der Waals surface area contributed by atoms with E-state index in [0.29, 0.717) is 39.3 Å². The fourth-order valence-electron chi connectivity index (χ4n) is 5.13. The van der Waals surface area contributed by atoms with Crippen LogP contribution in [0.15, 0.2) is 48.7 Å². The van der Waals surface area contributed by atoms with Gasteiger partial charge >= 0.3 is 0 Å². The summed E-state index contributed by atoms with van der Waals surface area (Å²) in [5.41, 5.74) is 5.60. The lowest BCUT2D eigenvalue weighted by atomic mass is 10.0. The summed E-state index contributed by atoms with van der Waals surface area (Å²) in [7, 11) is 0. The van der Waals surface area contributed by atoms with Crippen molar-refractivity contribution in [3.05, 3.63) is 76.7 Å². The highest BCUT2D eigenvalue weighted by Gasteiger charge is 2.22. The van der Waals surface area contributed by atoms with E-state index in [-0.39, 0.29) is 11.8 Å². The Morgan fingerprint density at radius 1 is 1.08 bits per heavy atom. The van der Waals surface area contributed by atoms with E-state index in [4.69, 9.17) is 4.74 Å². The molecule has 0 saturated carbocycles. The van der Waals surface area contributed by atoms with Gasteiger partial charge in [0.05, 0.1) is 36.4 Å². The number of amides is 2. The average molecular weight is 481 g/mol. The molecule has 2 aromatic heterocycles. The number of aromatic amines is 1. The summed E-state index contributed by atoms with van der Waals surface area (Å²) in [6.45, 7) is 3.25. The van der Waals surface area contributed by atoms with Gasteiger partial charge < -0.3 is 19.9 Å². The van der Waals surface area contributed by atoms with Gasteiger partial charge in [0.1, 0.15) is 0 Å². The number of pyridine rings is 1. The highest BCUT2D eigenvalue weighted by Crippen LogP contribution is 2.31. The molecule has 0 bridgehead atoms. The zero-order chi connectivity index (χ0) is 24.5. The first-order chi connectivity index (χ1) is 17.7. The Morgan fingerprint density at radius 2 is 1.97 bits per heavy atom. The van der Waals surface area contributed by atoms with Gasteiger partial charge in [-0.05, 0) is 36.1 Å². The molecule has 2 amide bonds. The molecule has 6 rings (SSSR count). The minimum atomic E-state index is -0.00532. The number of nitrogens with zero attached hydrogens (tertiary/aromatic N) is 2. The second-order valence-corrected chi connectivity index (χ2v) is 9.40. The van der Waals surface area contributed by atoms with Crippen molar-refractivity contribution in [3.63, 3.8) is 0 Å². The molecule has 2 aliphatic rings. The maximum absolute atomic E-state index is 12.6. The smallest absolute Gasteiger partial charge is 0.253 e. The standard InChI is InChI=1S/C29H28N4O3/c34-26(33-11-13-36-14-12-33)16-20-4-1-3-19(15-20)6-8-22-17-24-21(18-31-22)7-9-23-27-25(32-28(23)24)5-2-10-30-29(27)35/h1,3-4,6-9,15,17-18,32H,2,5,10-14,16H2,(H,30,35). The van der Waals surface area contributed by atoms with Gasteiger partial charge in [0.2, 0.25) is 5.91 Å². The van der Waals surface area contributed by atoms with Crippen LogP contribution in [0, 0.1) is 0 Å². The summed E-state index contributed by atoms with van der Waals surface area (Å²) in [5.74, 6) is 0.131. The van der Waals surface area contributed by atoms with Crippen LogP contribution in [-0.4, -0.2) is 59.5 Å². The Kier molecular flexibility index (Phi) is 5.99. The Bertz CT molecular complexity index is 1500. The number of hydrogen-bond acceptors (Lipinski definition) is 4. The Morgan fingerprint density at radius 3 is 2.86 bits per heavy atom. The third kappa shape index (κ3) is 4.38. The van der Waals surface area contributed by atoms with Gasteiger partial charge in [-0.1, -0.05) is 42.5 Å². The number of nitrogens with one attached hydrogen (secondary N) is 2. The first-order valence-corrected chi connectivity index (χ1v) is 12.5. The lowest BCUT2D eigenvalue weighted by Gasteiger charge is -2.26. The number of carbonyl (C=O) groups excluding carboxylic acids is 2. The van der Waals surface area contributed by atoms with Crippen LogP contribution in [0.5, 0.6) is 0 Å². The Labute approximate surface area is 209 Å². The first-order valence-electron chi connectivity index (χ1n) is 12.5. The lowest BCUT2D eigenvalue weighted by Crippen LogP contribution is -2.41. The van der Waals surface area contributed by atoms with E-state index in [1.165, 1.54) is 0 Å². The van der Waals surface area contributed by atoms with Crippen molar-refractivity contribution >= 4 is 45.6 Å². The highest BCUT2D eigenvalue weighted by atomic mass is 16.5. The van der Waals surface area contributed by atoms with E-state index in [2.05, 4.69) is 27.4 Å². The van der Waals surface area contributed by atoms with Crippen LogP contribution in [0.1, 0.15) is 39.3 Å². The van der Waals surface area contributed by atoms with Crippen molar-refractivity contribution in [2.75, 3.05) is 32.8 Å². The van der Waals surface area contributed by atoms with Crippen molar-refractivity contribution in [2.45, 2.75) is 19.3 Å². The number of aryl methyl sites for hydroxylation is 1. The molecule has 36 heavy (non-hydrogen) atoms. The molecule has 2 aromatic carbocycles. The summed E-state index contributed by atoms with van der Waals surface area (Å²) in [6.07, 6.45) is 8.05. The molecule has 0 radical (unpaired) electrons. The molecule has 2 N–H and O–H groups in total. The molecule has 182 valence electrons. The van der Waals surface area contributed by atoms with Crippen LogP contribution in [0.25, 0.3) is 33.8 Å². The van der Waals surface area contributed by atoms with Gasteiger partial charge in [-0.3, -0.25) is 14.6 Å². The summed E-state index contributed by atoms with van der Waals surface area (Å²) >= 11 is 0. The van der Waals surface area contributed by atoms with Crippen LogP contribution in [0.4, 0.5) is 0 Å². The summed E-state index contributed by atoms with van der Waals surface area (Å²) in [6, 6.07) is 14.2. The zero-order valence-corrected chi connectivity index (χ0v) is 20.0. The van der Waals surface area contributed by atoms with Crippen LogP contribution in [0.2, 0.25) is 0 Å². The molecule has 7 nitrogen and oxygen atoms in total. The van der Waals surface area contributed by atoms with Gasteiger partial charge in [-0.25, -0.2) is 0 Å². The molecule has 2 aliphatic heterocycles. The number of hydrogen-bond donors (Lipinski definition) is 2. The second kappa shape index (κ2) is 9.59. The van der Waals surface area contributed by atoms with Gasteiger partial charge in [-0.2, -0.15) is 0 Å². The third-order valence-corrected chi connectivity index (χ3v) is 7.00. The van der Waals surface area contributed by atoms with E-state index in [1.807, 2.05) is 53.6 Å². The number of benzene rings is 2. The summed E-state index contributed by atoms with van der Waals surface area (Å²) in [4.78, 5) is 35.3. The quantitative estimate of drug-likeness (QED) is 0.463. The summed E-state index contributed by atoms with van der Waals surface area (Å²) in [5, 5.41) is 6.03. The average Bonchev–Trinajstić information content (AvgIpc) is 3.19. The van der Waals surface area contributed by atoms with Crippen LogP contribution in [0.3, 0.4) is 0 Å². The number of rotatable bonds is 4. The van der Waals surface area contributed by atoms with E-state index < -0.39 is 0 Å². The number of fused-ring (bicyclic) bond motifs is 5. The van der Waals surface area contributed by atoms with Crippen molar-refractivity contribution in [3.8, 4) is 0 Å². The summed E-state index contributed by atoms with van der Waals surface area (Å²) < 4.78 is 5.35. The molecule has 0 spiro atoms. The fraction of sp³-hybridized carbons (Fsp3) is 0.276. The van der Waals surface area contributed by atoms with Crippen LogP contribution >= 0.6 is 0 Å². The van der Waals surface area contributed by atoms with Gasteiger partial charge in [0, 0.05) is 47.7 Å². The normalized spacial score (nSPS) is 16.3. The van der Waals surface area contributed by atoms with Crippen molar-refractivity contribution < 1.29 is 14.3 Å². The first kappa shape index (κ1) is 22.5. The zero-order valence-electron chi connectivity index (χ0n) is 20.0. The molecule has 4 aromatic rings. The topological polar surface area (TPSA) is 87.3 Å². The number of morpholine rings is 1. The molecule has 0 aliphatic carbocycles. The molecule has 1 saturated heterocycles.